The van der Waals surface area contributed by atoms with E-state index in [4.69, 9.17) is 10.2 Å². The van der Waals surface area contributed by atoms with Crippen molar-refractivity contribution >= 4 is 42.1 Å². The van der Waals surface area contributed by atoms with Gasteiger partial charge in [0.25, 0.3) is 0 Å². The number of amides is 1. The molecule has 1 aliphatic rings. The predicted octanol–water partition coefficient (Wildman–Crippen LogP) is 2.66. The van der Waals surface area contributed by atoms with Crippen LogP contribution in [0, 0.1) is 6.92 Å². The second kappa shape index (κ2) is 7.97. The summed E-state index contributed by atoms with van der Waals surface area (Å²) >= 11 is 1.60. The van der Waals surface area contributed by atoms with E-state index in [-0.39, 0.29) is 43.2 Å². The van der Waals surface area contributed by atoms with Crippen LogP contribution in [0.1, 0.15) is 17.9 Å². The van der Waals surface area contributed by atoms with Crippen LogP contribution in [0.25, 0.3) is 11.5 Å². The number of oxazole rings is 1. The molecule has 1 fully saturated rings. The molecule has 122 valence electrons. The third-order valence-corrected chi connectivity index (χ3v) is 4.24. The Balaban J connectivity index is 0.00000121. The molecule has 0 spiro atoms. The quantitative estimate of drug-likeness (QED) is 0.909. The molecule has 2 aromatic rings. The van der Waals surface area contributed by atoms with Gasteiger partial charge in [0, 0.05) is 30.1 Å². The van der Waals surface area contributed by atoms with E-state index in [1.54, 1.807) is 11.3 Å². The number of aromatic nitrogens is 1. The molecule has 22 heavy (non-hydrogen) atoms. The van der Waals surface area contributed by atoms with Crippen LogP contribution < -0.4 is 5.73 Å². The molecule has 1 amide bonds. The summed E-state index contributed by atoms with van der Waals surface area (Å²) in [5, 5.41) is 3.96. The summed E-state index contributed by atoms with van der Waals surface area (Å²) in [5.41, 5.74) is 7.51. The largest absolute Gasteiger partial charge is 0.441 e. The van der Waals surface area contributed by atoms with Crippen molar-refractivity contribution in [1.82, 2.24) is 9.88 Å². The van der Waals surface area contributed by atoms with Gasteiger partial charge in [-0.05, 0) is 24.8 Å². The normalized spacial score (nSPS) is 17.0. The number of thiophene rings is 1. The summed E-state index contributed by atoms with van der Waals surface area (Å²) < 4.78 is 5.64. The van der Waals surface area contributed by atoms with E-state index in [9.17, 15) is 4.79 Å². The van der Waals surface area contributed by atoms with E-state index in [2.05, 4.69) is 4.98 Å². The maximum atomic E-state index is 12.2. The molecule has 3 rings (SSSR count). The van der Waals surface area contributed by atoms with Gasteiger partial charge in [-0.1, -0.05) is 0 Å². The minimum Gasteiger partial charge on any atom is -0.441 e. The van der Waals surface area contributed by atoms with Gasteiger partial charge < -0.3 is 15.1 Å². The van der Waals surface area contributed by atoms with Crippen molar-refractivity contribution in [3.63, 3.8) is 0 Å². The fourth-order valence-electron chi connectivity index (χ4n) is 2.37. The zero-order valence-electron chi connectivity index (χ0n) is 12.2. The van der Waals surface area contributed by atoms with Gasteiger partial charge >= 0.3 is 0 Å². The number of carbonyl (C=O) groups is 1. The highest BCUT2D eigenvalue weighted by molar-refractivity contribution is 7.08. The highest BCUT2D eigenvalue weighted by atomic mass is 35.5. The van der Waals surface area contributed by atoms with Crippen molar-refractivity contribution in [1.29, 1.82) is 0 Å². The minimum absolute atomic E-state index is 0. The van der Waals surface area contributed by atoms with Crippen LogP contribution in [0.2, 0.25) is 0 Å². The van der Waals surface area contributed by atoms with Gasteiger partial charge in [0.1, 0.15) is 5.76 Å². The first kappa shape index (κ1) is 19.0. The Labute approximate surface area is 145 Å². The van der Waals surface area contributed by atoms with E-state index in [1.165, 1.54) is 0 Å². The van der Waals surface area contributed by atoms with Gasteiger partial charge in [0.15, 0.2) is 0 Å². The number of aryl methyl sites for hydroxylation is 1. The van der Waals surface area contributed by atoms with Gasteiger partial charge in [-0.25, -0.2) is 4.98 Å². The molecule has 0 saturated carbocycles. The highest BCUT2D eigenvalue weighted by Gasteiger charge is 2.25. The smallest absolute Gasteiger partial charge is 0.228 e. The van der Waals surface area contributed by atoms with Crippen LogP contribution in [-0.2, 0) is 11.2 Å². The zero-order chi connectivity index (χ0) is 14.1. The number of carbonyl (C=O) groups excluding carboxylic acids is 1. The van der Waals surface area contributed by atoms with Crippen LogP contribution in [0.3, 0.4) is 0 Å². The van der Waals surface area contributed by atoms with Gasteiger partial charge in [0.2, 0.25) is 11.8 Å². The van der Waals surface area contributed by atoms with Gasteiger partial charge in [-0.15, -0.1) is 24.8 Å². The van der Waals surface area contributed by atoms with Crippen molar-refractivity contribution < 1.29 is 9.21 Å². The Kier molecular flexibility index (Phi) is 6.87. The monoisotopic (exact) mass is 363 g/mol. The number of nitrogens with two attached hydrogens (primary N) is 1. The lowest BCUT2D eigenvalue weighted by Crippen LogP contribution is -2.33. The summed E-state index contributed by atoms with van der Waals surface area (Å²) in [7, 11) is 0. The fraction of sp³-hybridized carbons (Fsp3) is 0.429. The van der Waals surface area contributed by atoms with Crippen molar-refractivity contribution in [3.05, 3.63) is 28.3 Å². The van der Waals surface area contributed by atoms with E-state index in [0.29, 0.717) is 18.2 Å². The Bertz CT molecular complexity index is 616. The topological polar surface area (TPSA) is 72.4 Å². The molecule has 1 aliphatic heterocycles. The van der Waals surface area contributed by atoms with Crippen molar-refractivity contribution in [2.45, 2.75) is 25.8 Å². The lowest BCUT2D eigenvalue weighted by molar-refractivity contribution is -0.129. The third kappa shape index (κ3) is 4.01. The number of halogens is 2. The number of hydrogen-bond acceptors (Lipinski definition) is 5. The summed E-state index contributed by atoms with van der Waals surface area (Å²) in [5.74, 6) is 1.37. The van der Waals surface area contributed by atoms with Crippen molar-refractivity contribution in [2.24, 2.45) is 5.73 Å². The van der Waals surface area contributed by atoms with Crippen molar-refractivity contribution in [2.75, 3.05) is 13.1 Å². The Morgan fingerprint density at radius 3 is 2.91 bits per heavy atom. The average molecular weight is 364 g/mol. The molecule has 0 aromatic carbocycles. The summed E-state index contributed by atoms with van der Waals surface area (Å²) in [6.07, 6.45) is 1.16. The van der Waals surface area contributed by atoms with Gasteiger partial charge in [-0.3, -0.25) is 4.79 Å². The van der Waals surface area contributed by atoms with E-state index < -0.39 is 0 Å². The molecule has 1 saturated heterocycles. The molecule has 1 atom stereocenters. The number of hydrogen-bond donors (Lipinski definition) is 1. The Hall–Kier alpha value is -1.08. The number of likely N-dealkylation sites (tertiary alicyclic amines) is 1. The van der Waals surface area contributed by atoms with Gasteiger partial charge in [0.05, 0.1) is 12.1 Å². The lowest BCUT2D eigenvalue weighted by Gasteiger charge is -2.14. The first-order valence-electron chi connectivity index (χ1n) is 6.65. The molecular weight excluding hydrogens is 345 g/mol. The molecule has 0 unspecified atom stereocenters. The number of nitrogens with zero attached hydrogens (tertiary/aromatic N) is 2. The Morgan fingerprint density at radius 2 is 2.32 bits per heavy atom. The SMILES string of the molecule is Cc1oc(-c2ccsc2)nc1CC(=O)N1CC[C@@H](N)C1.Cl.Cl. The molecule has 0 aliphatic carbocycles. The number of rotatable bonds is 3. The maximum Gasteiger partial charge on any atom is 0.228 e. The second-order valence-electron chi connectivity index (χ2n) is 5.10. The first-order valence-corrected chi connectivity index (χ1v) is 7.60. The second-order valence-corrected chi connectivity index (χ2v) is 5.88. The molecule has 3 heterocycles. The molecule has 0 bridgehead atoms. The van der Waals surface area contributed by atoms with Gasteiger partial charge in [-0.2, -0.15) is 11.3 Å². The highest BCUT2D eigenvalue weighted by Crippen LogP contribution is 2.24. The van der Waals surface area contributed by atoms with Crippen LogP contribution in [0.15, 0.2) is 21.2 Å². The molecule has 5 nitrogen and oxygen atoms in total. The maximum absolute atomic E-state index is 12.2. The third-order valence-electron chi connectivity index (χ3n) is 3.56. The van der Waals surface area contributed by atoms with E-state index in [1.807, 2.05) is 28.7 Å². The molecule has 8 heteroatoms. The summed E-state index contributed by atoms with van der Waals surface area (Å²) in [6.45, 7) is 3.24. The predicted molar refractivity (Wildman–Crippen MR) is 91.9 cm³/mol. The molecule has 0 radical (unpaired) electrons. The van der Waals surface area contributed by atoms with Crippen LogP contribution in [0.5, 0.6) is 0 Å². The van der Waals surface area contributed by atoms with E-state index in [0.717, 1.165) is 24.2 Å². The minimum atomic E-state index is 0. The average Bonchev–Trinajstić information content (AvgIpc) is 3.11. The van der Waals surface area contributed by atoms with Crippen LogP contribution in [0.4, 0.5) is 0 Å². The first-order chi connectivity index (χ1) is 9.63. The van der Waals surface area contributed by atoms with Crippen molar-refractivity contribution in [3.8, 4) is 11.5 Å². The molecule has 2 N–H and O–H groups in total. The fourth-order valence-corrected chi connectivity index (χ4v) is 3.00. The lowest BCUT2D eigenvalue weighted by atomic mass is 10.2. The van der Waals surface area contributed by atoms with E-state index >= 15 is 0 Å². The van der Waals surface area contributed by atoms with Crippen LogP contribution >= 0.6 is 36.2 Å². The molecular formula is C14H19Cl2N3O2S. The summed E-state index contributed by atoms with van der Waals surface area (Å²) in [6, 6.07) is 2.07. The zero-order valence-corrected chi connectivity index (χ0v) is 14.6. The molecule has 2 aromatic heterocycles. The summed E-state index contributed by atoms with van der Waals surface area (Å²) in [4.78, 5) is 18.5. The van der Waals surface area contributed by atoms with Crippen LogP contribution in [-0.4, -0.2) is 34.9 Å². The standard InChI is InChI=1S/C14H17N3O2S.2ClH/c1-9-12(6-13(18)17-4-2-11(15)7-17)16-14(19-9)10-3-5-20-8-10;;/h3,5,8,11H,2,4,6-7,15H2,1H3;2*1H/t11-;;/m1../s1. The Morgan fingerprint density at radius 1 is 1.55 bits per heavy atom.